The number of hydrogen-bond acceptors (Lipinski definition) is 3. The van der Waals surface area contributed by atoms with E-state index in [1.165, 1.54) is 11.5 Å². The molecule has 3 nitrogen and oxygen atoms in total. The van der Waals surface area contributed by atoms with Crippen molar-refractivity contribution in [3.8, 4) is 5.69 Å². The van der Waals surface area contributed by atoms with Crippen molar-refractivity contribution in [2.24, 2.45) is 0 Å². The first kappa shape index (κ1) is 11.4. The molecule has 0 aliphatic rings. The van der Waals surface area contributed by atoms with Gasteiger partial charge in [0, 0.05) is 5.39 Å². The molecular formula is C16H10N2OS. The van der Waals surface area contributed by atoms with Crippen LogP contribution in [-0.2, 0) is 0 Å². The van der Waals surface area contributed by atoms with Crippen LogP contribution in [0.5, 0.6) is 0 Å². The van der Waals surface area contributed by atoms with Gasteiger partial charge < -0.3 is 0 Å². The fourth-order valence-corrected chi connectivity index (χ4v) is 3.29. The van der Waals surface area contributed by atoms with E-state index in [4.69, 9.17) is 0 Å². The Morgan fingerprint density at radius 1 is 1.00 bits per heavy atom. The van der Waals surface area contributed by atoms with Crippen LogP contribution >= 0.6 is 11.5 Å². The average Bonchev–Trinajstić information content (AvgIpc) is 2.84. The lowest BCUT2D eigenvalue weighted by Gasteiger charge is -2.02. The van der Waals surface area contributed by atoms with Gasteiger partial charge in [-0.1, -0.05) is 41.9 Å². The average molecular weight is 278 g/mol. The van der Waals surface area contributed by atoms with Crippen molar-refractivity contribution < 1.29 is 0 Å². The predicted molar refractivity (Wildman–Crippen MR) is 82.7 cm³/mol. The fraction of sp³-hybridized carbons (Fsp3) is 0. The molecule has 0 saturated heterocycles. The first-order valence-corrected chi connectivity index (χ1v) is 7.06. The van der Waals surface area contributed by atoms with Gasteiger partial charge in [-0.15, -0.1) is 0 Å². The molecule has 0 fully saturated rings. The van der Waals surface area contributed by atoms with Crippen molar-refractivity contribution in [1.29, 1.82) is 0 Å². The first-order chi connectivity index (χ1) is 9.83. The third kappa shape index (κ3) is 1.66. The Morgan fingerprint density at radius 3 is 2.70 bits per heavy atom. The summed E-state index contributed by atoms with van der Waals surface area (Å²) < 4.78 is 2.69. The lowest BCUT2D eigenvalue weighted by Crippen LogP contribution is -2.10. The van der Waals surface area contributed by atoms with Crippen LogP contribution in [0.3, 0.4) is 0 Å². The van der Waals surface area contributed by atoms with Gasteiger partial charge in [0.2, 0.25) is 0 Å². The molecule has 2 heterocycles. The van der Waals surface area contributed by atoms with E-state index in [1.807, 2.05) is 54.6 Å². The summed E-state index contributed by atoms with van der Waals surface area (Å²) in [6.07, 6.45) is 1.75. The summed E-state index contributed by atoms with van der Waals surface area (Å²) in [5.41, 5.74) is 1.77. The minimum atomic E-state index is 0.0164. The molecule has 4 heteroatoms. The van der Waals surface area contributed by atoms with Crippen LogP contribution in [0.15, 0.2) is 65.6 Å². The van der Waals surface area contributed by atoms with Gasteiger partial charge in [0.15, 0.2) is 0 Å². The van der Waals surface area contributed by atoms with Crippen LogP contribution in [0, 0.1) is 0 Å². The summed E-state index contributed by atoms with van der Waals surface area (Å²) >= 11 is 1.45. The number of hydrogen-bond donors (Lipinski definition) is 0. The Kier molecular flexibility index (Phi) is 2.44. The van der Waals surface area contributed by atoms with Crippen LogP contribution in [0.2, 0.25) is 0 Å². The Labute approximate surface area is 118 Å². The van der Waals surface area contributed by atoms with E-state index in [0.717, 1.165) is 26.7 Å². The number of para-hydroxylation sites is 1. The lowest BCUT2D eigenvalue weighted by molar-refractivity contribution is 1.13. The lowest BCUT2D eigenvalue weighted by atomic mass is 10.2. The summed E-state index contributed by atoms with van der Waals surface area (Å²) in [6.45, 7) is 0. The third-order valence-corrected chi connectivity index (χ3v) is 4.41. The summed E-state index contributed by atoms with van der Waals surface area (Å²) in [5, 5.41) is 1.79. The highest BCUT2D eigenvalue weighted by Crippen LogP contribution is 2.21. The molecule has 20 heavy (non-hydrogen) atoms. The van der Waals surface area contributed by atoms with Crippen molar-refractivity contribution in [2.75, 3.05) is 0 Å². The van der Waals surface area contributed by atoms with Gasteiger partial charge in [-0.05, 0) is 24.3 Å². The van der Waals surface area contributed by atoms with E-state index >= 15 is 0 Å². The third-order valence-electron chi connectivity index (χ3n) is 3.30. The zero-order chi connectivity index (χ0) is 13.5. The summed E-state index contributed by atoms with van der Waals surface area (Å²) in [5.74, 6) is 0. The Morgan fingerprint density at radius 2 is 1.80 bits per heavy atom. The SMILES string of the molecule is O=c1c2ccccc2sn1-c1cnc2ccccc2c1. The first-order valence-electron chi connectivity index (χ1n) is 6.29. The molecule has 2 aromatic heterocycles. The van der Waals surface area contributed by atoms with E-state index in [9.17, 15) is 4.79 Å². The standard InChI is InChI=1S/C16H10N2OS/c19-16-13-6-2-4-8-15(13)20-18(16)12-9-11-5-1-3-7-14(11)17-10-12/h1-10H. The minimum Gasteiger partial charge on any atom is -0.267 e. The molecule has 0 atom stereocenters. The van der Waals surface area contributed by atoms with Gasteiger partial charge in [-0.25, -0.2) is 3.96 Å². The highest BCUT2D eigenvalue weighted by molar-refractivity contribution is 7.14. The maximum atomic E-state index is 12.4. The maximum Gasteiger partial charge on any atom is 0.273 e. The predicted octanol–water partition coefficient (Wildman–Crippen LogP) is 3.60. The molecular weight excluding hydrogens is 268 g/mol. The molecule has 0 amide bonds. The number of nitrogens with zero attached hydrogens (tertiary/aromatic N) is 2. The van der Waals surface area contributed by atoms with Crippen LogP contribution in [-0.4, -0.2) is 8.94 Å². The van der Waals surface area contributed by atoms with Gasteiger partial charge in [-0.3, -0.25) is 9.78 Å². The second-order valence-corrected chi connectivity index (χ2v) is 5.56. The second-order valence-electron chi connectivity index (χ2n) is 4.57. The van der Waals surface area contributed by atoms with Gasteiger partial charge in [0.1, 0.15) is 0 Å². The summed E-state index contributed by atoms with van der Waals surface area (Å²) in [6, 6.07) is 17.6. The quantitative estimate of drug-likeness (QED) is 0.533. The molecule has 0 aliphatic heterocycles. The van der Waals surface area contributed by atoms with Crippen LogP contribution in [0.4, 0.5) is 0 Å². The minimum absolute atomic E-state index is 0.0164. The molecule has 0 aliphatic carbocycles. The second kappa shape index (κ2) is 4.28. The number of fused-ring (bicyclic) bond motifs is 2. The van der Waals surface area contributed by atoms with Crippen molar-refractivity contribution in [2.45, 2.75) is 0 Å². The molecule has 4 rings (SSSR count). The molecule has 96 valence electrons. The van der Waals surface area contributed by atoms with Crippen LogP contribution < -0.4 is 5.56 Å². The number of rotatable bonds is 1. The van der Waals surface area contributed by atoms with Crippen molar-refractivity contribution in [1.82, 2.24) is 8.94 Å². The van der Waals surface area contributed by atoms with Crippen LogP contribution in [0.1, 0.15) is 0 Å². The van der Waals surface area contributed by atoms with Gasteiger partial charge in [-0.2, -0.15) is 0 Å². The van der Waals surface area contributed by atoms with Gasteiger partial charge in [0.05, 0.1) is 27.5 Å². The molecule has 0 spiro atoms. The Balaban J connectivity index is 2.01. The molecule has 4 aromatic rings. The smallest absolute Gasteiger partial charge is 0.267 e. The van der Waals surface area contributed by atoms with Crippen molar-refractivity contribution >= 4 is 32.5 Å². The zero-order valence-corrected chi connectivity index (χ0v) is 11.3. The van der Waals surface area contributed by atoms with E-state index < -0.39 is 0 Å². The molecule has 0 bridgehead atoms. The highest BCUT2D eigenvalue weighted by Gasteiger charge is 2.09. The Hall–Kier alpha value is -2.46. The van der Waals surface area contributed by atoms with E-state index in [1.54, 1.807) is 10.2 Å². The topological polar surface area (TPSA) is 34.9 Å². The number of benzene rings is 2. The number of aromatic nitrogens is 2. The monoisotopic (exact) mass is 278 g/mol. The normalized spacial score (nSPS) is 11.2. The van der Waals surface area contributed by atoms with E-state index in [2.05, 4.69) is 4.98 Å². The molecule has 0 N–H and O–H groups in total. The molecule has 0 unspecified atom stereocenters. The Bertz CT molecular complexity index is 984. The highest BCUT2D eigenvalue weighted by atomic mass is 32.1. The van der Waals surface area contributed by atoms with Gasteiger partial charge in [0.25, 0.3) is 5.56 Å². The van der Waals surface area contributed by atoms with E-state index in [0.29, 0.717) is 0 Å². The van der Waals surface area contributed by atoms with E-state index in [-0.39, 0.29) is 5.56 Å². The summed E-state index contributed by atoms with van der Waals surface area (Å²) in [4.78, 5) is 16.8. The summed E-state index contributed by atoms with van der Waals surface area (Å²) in [7, 11) is 0. The maximum absolute atomic E-state index is 12.4. The molecule has 0 saturated carbocycles. The van der Waals surface area contributed by atoms with Crippen LogP contribution in [0.25, 0.3) is 26.7 Å². The number of pyridine rings is 1. The van der Waals surface area contributed by atoms with Gasteiger partial charge >= 0.3 is 0 Å². The largest absolute Gasteiger partial charge is 0.273 e. The van der Waals surface area contributed by atoms with Crippen molar-refractivity contribution in [3.05, 3.63) is 71.1 Å². The molecule has 0 radical (unpaired) electrons. The fourth-order valence-electron chi connectivity index (χ4n) is 2.31. The molecule has 2 aromatic carbocycles. The van der Waals surface area contributed by atoms with Crippen molar-refractivity contribution in [3.63, 3.8) is 0 Å². The zero-order valence-electron chi connectivity index (χ0n) is 10.5.